The summed E-state index contributed by atoms with van der Waals surface area (Å²) in [6, 6.07) is 6.17. The minimum Gasteiger partial charge on any atom is -0.465 e. The molecule has 2 amide bonds. The summed E-state index contributed by atoms with van der Waals surface area (Å²) in [7, 11) is 0. The van der Waals surface area contributed by atoms with Crippen LogP contribution in [0.15, 0.2) is 49.6 Å². The number of fused-ring (bicyclic) bond motifs is 1. The molecule has 4 rings (SSSR count). The van der Waals surface area contributed by atoms with Crippen molar-refractivity contribution in [3.8, 4) is 0 Å². The molecule has 2 unspecified atom stereocenters. The first kappa shape index (κ1) is 30.8. The van der Waals surface area contributed by atoms with E-state index < -0.39 is 41.6 Å². The lowest BCUT2D eigenvalue weighted by atomic mass is 9.70. The molecule has 3 aliphatic rings. The number of hydrogen-bond acceptors (Lipinski definition) is 7. The Morgan fingerprint density at radius 1 is 1.17 bits per heavy atom. The highest BCUT2D eigenvalue weighted by Gasteiger charge is 2.75. The van der Waals surface area contributed by atoms with Crippen molar-refractivity contribution in [2.75, 3.05) is 42.6 Å². The topological polar surface area (TPSA) is 99.6 Å². The van der Waals surface area contributed by atoms with E-state index in [1.807, 2.05) is 38.1 Å². The van der Waals surface area contributed by atoms with Crippen molar-refractivity contribution in [1.82, 2.24) is 4.90 Å². The maximum Gasteiger partial charge on any atom is 0.312 e. The average Bonchev–Trinajstić information content (AvgIpc) is 3.60. The molecule has 0 aliphatic carbocycles. The summed E-state index contributed by atoms with van der Waals surface area (Å²) >= 11 is 0. The van der Waals surface area contributed by atoms with Crippen molar-refractivity contribution in [3.63, 3.8) is 0 Å². The summed E-state index contributed by atoms with van der Waals surface area (Å²) in [5, 5.41) is 10.4. The fourth-order valence-electron chi connectivity index (χ4n) is 6.99. The molecule has 224 valence electrons. The lowest BCUT2D eigenvalue weighted by Crippen LogP contribution is -2.59. The third-order valence-corrected chi connectivity index (χ3v) is 8.99. The smallest absolute Gasteiger partial charge is 0.312 e. The fourth-order valence-corrected chi connectivity index (χ4v) is 6.99. The van der Waals surface area contributed by atoms with Gasteiger partial charge in [0.05, 0.1) is 37.2 Å². The zero-order chi connectivity index (χ0) is 29.9. The maximum atomic E-state index is 14.7. The molecule has 3 heterocycles. The first-order valence-electron chi connectivity index (χ1n) is 14.9. The molecule has 0 radical (unpaired) electrons. The zero-order valence-corrected chi connectivity index (χ0v) is 24.8. The van der Waals surface area contributed by atoms with Gasteiger partial charge in [0.15, 0.2) is 0 Å². The van der Waals surface area contributed by atoms with Crippen molar-refractivity contribution in [2.24, 2.45) is 17.8 Å². The Labute approximate surface area is 243 Å². The second-order valence-corrected chi connectivity index (χ2v) is 11.5. The molecule has 9 heteroatoms. The van der Waals surface area contributed by atoms with E-state index >= 15 is 0 Å². The number of carbonyl (C=O) groups is 3. The molecule has 1 N–H and O–H groups in total. The van der Waals surface area contributed by atoms with E-state index in [1.165, 1.54) is 4.90 Å². The highest BCUT2D eigenvalue weighted by molar-refractivity contribution is 6.05. The second kappa shape index (κ2) is 12.8. The van der Waals surface area contributed by atoms with Gasteiger partial charge >= 0.3 is 5.97 Å². The number of aliphatic hydroxyl groups is 1. The van der Waals surface area contributed by atoms with Gasteiger partial charge in [0.1, 0.15) is 11.6 Å². The molecule has 41 heavy (non-hydrogen) atoms. The summed E-state index contributed by atoms with van der Waals surface area (Å²) in [4.78, 5) is 47.6. The first-order valence-corrected chi connectivity index (χ1v) is 14.9. The molecule has 3 aliphatic heterocycles. The number of aliphatic hydroxyl groups excluding tert-OH is 1. The standard InChI is InChI=1S/C32H45N3O6/c1-7-11-19-40-31(39)26-25-16-17-32(41-25)27(26)29(37)35(24(20-36)21(5)6)28(32)30(38)34(18-8-2)23-14-12-22(13-15-23)33(9-3)10-4/h7-8,12-15,21,24-28,36H,1-2,9-11,16-20H2,3-6H3/t24-,25+,26-,27-,28?,32?/m0/s1. The Morgan fingerprint density at radius 3 is 2.39 bits per heavy atom. The molecule has 3 fully saturated rings. The molecule has 0 aromatic heterocycles. The molecule has 1 aromatic carbocycles. The van der Waals surface area contributed by atoms with Gasteiger partial charge in [-0.25, -0.2) is 0 Å². The van der Waals surface area contributed by atoms with E-state index in [4.69, 9.17) is 9.47 Å². The van der Waals surface area contributed by atoms with Crippen LogP contribution in [-0.2, 0) is 23.9 Å². The molecule has 0 saturated carbocycles. The first-order chi connectivity index (χ1) is 19.7. The predicted molar refractivity (Wildman–Crippen MR) is 158 cm³/mol. The maximum absolute atomic E-state index is 14.7. The molecule has 3 saturated heterocycles. The van der Waals surface area contributed by atoms with E-state index in [1.54, 1.807) is 17.1 Å². The van der Waals surface area contributed by atoms with Crippen LogP contribution in [0.2, 0.25) is 0 Å². The lowest BCUT2D eigenvalue weighted by Gasteiger charge is -2.40. The minimum absolute atomic E-state index is 0.133. The van der Waals surface area contributed by atoms with Crippen molar-refractivity contribution in [1.29, 1.82) is 0 Å². The number of hydrogen-bond donors (Lipinski definition) is 1. The van der Waals surface area contributed by atoms with Crippen LogP contribution < -0.4 is 9.80 Å². The number of benzene rings is 1. The Kier molecular flexibility index (Phi) is 9.59. The van der Waals surface area contributed by atoms with Gasteiger partial charge in [0.2, 0.25) is 5.91 Å². The Bertz CT molecular complexity index is 1130. The van der Waals surface area contributed by atoms with E-state index in [0.29, 0.717) is 24.9 Å². The second-order valence-electron chi connectivity index (χ2n) is 11.5. The molecular formula is C32H45N3O6. The highest BCUT2D eigenvalue weighted by atomic mass is 16.6. The third kappa shape index (κ3) is 5.30. The molecule has 1 spiro atoms. The Balaban J connectivity index is 1.75. The molecule has 6 atom stereocenters. The summed E-state index contributed by atoms with van der Waals surface area (Å²) in [5.41, 5.74) is 0.553. The van der Waals surface area contributed by atoms with Gasteiger partial charge in [0, 0.05) is 31.0 Å². The lowest BCUT2D eigenvalue weighted by molar-refractivity contribution is -0.156. The Hall–Kier alpha value is -3.17. The van der Waals surface area contributed by atoms with Gasteiger partial charge in [-0.1, -0.05) is 26.0 Å². The van der Waals surface area contributed by atoms with E-state index in [9.17, 15) is 19.5 Å². The number of rotatable bonds is 14. The van der Waals surface area contributed by atoms with Gasteiger partial charge in [-0.05, 0) is 63.3 Å². The van der Waals surface area contributed by atoms with Crippen molar-refractivity contribution >= 4 is 29.2 Å². The Morgan fingerprint density at radius 2 is 1.83 bits per heavy atom. The summed E-state index contributed by atoms with van der Waals surface area (Å²) in [5.74, 6) is -2.91. The highest BCUT2D eigenvalue weighted by Crippen LogP contribution is 2.59. The number of carbonyl (C=O) groups excluding carboxylic acids is 3. The molecule has 1 aromatic rings. The van der Waals surface area contributed by atoms with E-state index in [-0.39, 0.29) is 37.5 Å². The summed E-state index contributed by atoms with van der Waals surface area (Å²) < 4.78 is 12.1. The van der Waals surface area contributed by atoms with Gasteiger partial charge in [-0.2, -0.15) is 0 Å². The van der Waals surface area contributed by atoms with Crippen LogP contribution in [0.3, 0.4) is 0 Å². The van der Waals surface area contributed by atoms with Gasteiger partial charge < -0.3 is 29.3 Å². The quantitative estimate of drug-likeness (QED) is 0.209. The normalized spacial score (nSPS) is 27.1. The van der Waals surface area contributed by atoms with E-state index in [0.717, 1.165) is 18.8 Å². The van der Waals surface area contributed by atoms with Crippen LogP contribution in [0.4, 0.5) is 11.4 Å². The predicted octanol–water partition coefficient (Wildman–Crippen LogP) is 3.56. The number of amides is 2. The van der Waals surface area contributed by atoms with Crippen LogP contribution >= 0.6 is 0 Å². The van der Waals surface area contributed by atoms with Gasteiger partial charge in [0.25, 0.3) is 5.91 Å². The van der Waals surface area contributed by atoms with Crippen LogP contribution in [0, 0.1) is 17.8 Å². The fraction of sp³-hybridized carbons (Fsp3) is 0.594. The average molecular weight is 568 g/mol. The van der Waals surface area contributed by atoms with Gasteiger partial charge in [-0.15, -0.1) is 13.2 Å². The number of likely N-dealkylation sites (tertiary alicyclic amines) is 1. The SMILES string of the molecule is C=CCCOC(=O)[C@@H]1[C@H]2C(=O)N([C@@H](CO)C(C)C)C(C(=O)N(CC=C)c3ccc(N(CC)CC)cc3)C23CC[C@H]1O3. The number of esters is 1. The number of nitrogens with zero attached hydrogens (tertiary/aromatic N) is 3. The summed E-state index contributed by atoms with van der Waals surface area (Å²) in [6.45, 7) is 17.4. The zero-order valence-electron chi connectivity index (χ0n) is 24.8. The van der Waals surface area contributed by atoms with E-state index in [2.05, 4.69) is 31.9 Å². The van der Waals surface area contributed by atoms with Crippen LogP contribution in [0.25, 0.3) is 0 Å². The van der Waals surface area contributed by atoms with Crippen LogP contribution in [0.1, 0.15) is 47.0 Å². The minimum atomic E-state index is -1.18. The largest absolute Gasteiger partial charge is 0.465 e. The number of anilines is 2. The monoisotopic (exact) mass is 567 g/mol. The third-order valence-electron chi connectivity index (χ3n) is 8.99. The summed E-state index contributed by atoms with van der Waals surface area (Å²) in [6.07, 6.45) is 4.35. The van der Waals surface area contributed by atoms with Crippen LogP contribution in [0.5, 0.6) is 0 Å². The molecule has 2 bridgehead atoms. The van der Waals surface area contributed by atoms with Crippen LogP contribution in [-0.4, -0.2) is 84.4 Å². The van der Waals surface area contributed by atoms with Crippen molar-refractivity contribution < 1.29 is 29.0 Å². The molecule has 9 nitrogen and oxygen atoms in total. The van der Waals surface area contributed by atoms with Gasteiger partial charge in [-0.3, -0.25) is 14.4 Å². The molecular weight excluding hydrogens is 522 g/mol. The number of ether oxygens (including phenoxy) is 2. The van der Waals surface area contributed by atoms with Crippen molar-refractivity contribution in [3.05, 3.63) is 49.6 Å². The van der Waals surface area contributed by atoms with Crippen molar-refractivity contribution in [2.45, 2.75) is 70.7 Å².